The largest absolute Gasteiger partial charge is 0.507 e. The Kier molecular flexibility index (Phi) is 4.96. The maximum atomic E-state index is 14.4. The summed E-state index contributed by atoms with van der Waals surface area (Å²) in [4.78, 5) is 56.9. The minimum atomic E-state index is -1.06. The van der Waals surface area contributed by atoms with Crippen LogP contribution in [0.3, 0.4) is 0 Å². The van der Waals surface area contributed by atoms with Gasteiger partial charge >= 0.3 is 0 Å². The van der Waals surface area contributed by atoms with Gasteiger partial charge in [0.2, 0.25) is 0 Å². The van der Waals surface area contributed by atoms with Crippen LogP contribution in [-0.2, 0) is 0 Å². The standard InChI is InChI=1S/C36H22O8/c1-13-9-17-23(21(39)11-13)29-31(35(43)25-15(33(29)41)5-3-7-19(25)37)27(17)28-18-10-14(2)12-22(40)24(18)30-32(28)36(44)26-16(34(30)42)6-4-8-20(26)38/h3-12,27-28,37-40H,1-2H3. The van der Waals surface area contributed by atoms with Gasteiger partial charge in [0.25, 0.3) is 0 Å². The van der Waals surface area contributed by atoms with E-state index >= 15 is 0 Å². The molecule has 4 aliphatic rings. The van der Waals surface area contributed by atoms with Crippen molar-refractivity contribution >= 4 is 34.3 Å². The topological polar surface area (TPSA) is 149 Å². The van der Waals surface area contributed by atoms with E-state index in [-0.39, 0.29) is 78.7 Å². The number of allylic oxidation sites excluding steroid dienone is 4. The van der Waals surface area contributed by atoms with Crippen LogP contribution in [0.2, 0.25) is 0 Å². The molecular formula is C36H22O8. The Balaban J connectivity index is 1.49. The van der Waals surface area contributed by atoms with Gasteiger partial charge in [-0.05, 0) is 60.4 Å². The first-order chi connectivity index (χ1) is 21.0. The van der Waals surface area contributed by atoms with Crippen molar-refractivity contribution in [3.63, 3.8) is 0 Å². The second kappa shape index (κ2) is 8.41. The third kappa shape index (κ3) is 3.01. The van der Waals surface area contributed by atoms with E-state index in [1.807, 2.05) is 0 Å². The number of aryl methyl sites for hydroxylation is 2. The van der Waals surface area contributed by atoms with Gasteiger partial charge in [-0.2, -0.15) is 0 Å². The van der Waals surface area contributed by atoms with Crippen molar-refractivity contribution in [2.45, 2.75) is 25.7 Å². The van der Waals surface area contributed by atoms with Crippen molar-refractivity contribution in [1.29, 1.82) is 0 Å². The third-order valence-electron chi connectivity index (χ3n) is 9.22. The van der Waals surface area contributed by atoms with Gasteiger partial charge in [-0.25, -0.2) is 0 Å². The van der Waals surface area contributed by atoms with Gasteiger partial charge in [-0.3, -0.25) is 19.2 Å². The normalized spacial score (nSPS) is 19.5. The number of fused-ring (bicyclic) bond motifs is 6. The Labute approximate surface area is 249 Å². The van der Waals surface area contributed by atoms with Crippen molar-refractivity contribution in [3.05, 3.63) is 127 Å². The third-order valence-corrected chi connectivity index (χ3v) is 9.22. The summed E-state index contributed by atoms with van der Waals surface area (Å²) >= 11 is 0. The molecule has 0 bridgehead atoms. The predicted octanol–water partition coefficient (Wildman–Crippen LogP) is 5.69. The maximum Gasteiger partial charge on any atom is 0.195 e. The van der Waals surface area contributed by atoms with E-state index in [0.29, 0.717) is 22.3 Å². The Morgan fingerprint density at radius 1 is 0.477 bits per heavy atom. The smallest absolute Gasteiger partial charge is 0.195 e. The van der Waals surface area contributed by atoms with Crippen molar-refractivity contribution in [3.8, 4) is 23.0 Å². The van der Waals surface area contributed by atoms with Crippen LogP contribution in [0.25, 0.3) is 11.1 Å². The molecule has 0 spiro atoms. The molecule has 0 amide bonds. The van der Waals surface area contributed by atoms with E-state index in [1.165, 1.54) is 48.5 Å². The Hall–Kier alpha value is -5.76. The van der Waals surface area contributed by atoms with Gasteiger partial charge < -0.3 is 20.4 Å². The summed E-state index contributed by atoms with van der Waals surface area (Å²) in [5.74, 6) is -5.77. The molecule has 0 saturated carbocycles. The lowest BCUT2D eigenvalue weighted by Crippen LogP contribution is -2.27. The highest BCUT2D eigenvalue weighted by Gasteiger charge is 2.54. The number of benzene rings is 4. The molecule has 0 aliphatic heterocycles. The van der Waals surface area contributed by atoms with E-state index in [4.69, 9.17) is 0 Å². The summed E-state index contributed by atoms with van der Waals surface area (Å²) in [6.45, 7) is 3.48. The van der Waals surface area contributed by atoms with Gasteiger partial charge in [-0.1, -0.05) is 36.4 Å². The molecule has 4 aliphatic carbocycles. The molecule has 0 fully saturated rings. The number of hydrogen-bond acceptors (Lipinski definition) is 8. The second-order valence-corrected chi connectivity index (χ2v) is 11.7. The Bertz CT molecular complexity index is 2060. The Morgan fingerprint density at radius 2 is 0.864 bits per heavy atom. The zero-order chi connectivity index (χ0) is 30.9. The number of carbonyl (C=O) groups excluding carboxylic acids is 4. The van der Waals surface area contributed by atoms with E-state index in [2.05, 4.69) is 0 Å². The van der Waals surface area contributed by atoms with E-state index in [9.17, 15) is 39.6 Å². The SMILES string of the molecule is Cc1cc(O)c2c(c1)C(C1C3=C(C(=O)c4cccc(O)c4C3=O)c3c(O)cc(C)cc31)C1=C2C(=O)c2cccc(O)c2C1=O. The van der Waals surface area contributed by atoms with Crippen LogP contribution in [0, 0.1) is 13.8 Å². The van der Waals surface area contributed by atoms with Crippen LogP contribution in [0.5, 0.6) is 23.0 Å². The first-order valence-electron chi connectivity index (χ1n) is 14.0. The lowest BCUT2D eigenvalue weighted by atomic mass is 9.71. The van der Waals surface area contributed by atoms with Gasteiger partial charge in [0, 0.05) is 56.4 Å². The highest BCUT2D eigenvalue weighted by Crippen LogP contribution is 2.63. The summed E-state index contributed by atoms with van der Waals surface area (Å²) < 4.78 is 0. The summed E-state index contributed by atoms with van der Waals surface area (Å²) in [7, 11) is 0. The van der Waals surface area contributed by atoms with Gasteiger partial charge in [-0.15, -0.1) is 0 Å². The molecule has 4 aromatic rings. The minimum Gasteiger partial charge on any atom is -0.507 e. The molecule has 214 valence electrons. The van der Waals surface area contributed by atoms with E-state index in [1.54, 1.807) is 26.0 Å². The van der Waals surface area contributed by atoms with Crippen LogP contribution in [-0.4, -0.2) is 43.6 Å². The lowest BCUT2D eigenvalue weighted by molar-refractivity contribution is 0.0976. The summed E-state index contributed by atoms with van der Waals surface area (Å²) in [5.41, 5.74) is 1.85. The molecule has 0 saturated heterocycles. The monoisotopic (exact) mass is 582 g/mol. The molecule has 4 N–H and O–H groups in total. The second-order valence-electron chi connectivity index (χ2n) is 11.7. The Morgan fingerprint density at radius 3 is 1.25 bits per heavy atom. The van der Waals surface area contributed by atoms with Crippen molar-refractivity contribution in [2.75, 3.05) is 0 Å². The van der Waals surface area contributed by atoms with Crippen molar-refractivity contribution < 1.29 is 39.6 Å². The van der Waals surface area contributed by atoms with Crippen LogP contribution in [0.4, 0.5) is 0 Å². The fourth-order valence-corrected chi connectivity index (χ4v) is 7.66. The molecular weight excluding hydrogens is 560 g/mol. The summed E-state index contributed by atoms with van der Waals surface area (Å²) in [6, 6.07) is 14.8. The van der Waals surface area contributed by atoms with E-state index in [0.717, 1.165) is 0 Å². The minimum absolute atomic E-state index is 0.0108. The average Bonchev–Trinajstić information content (AvgIpc) is 3.48. The van der Waals surface area contributed by atoms with Gasteiger partial charge in [0.1, 0.15) is 23.0 Å². The first kappa shape index (κ1) is 25.9. The molecule has 8 nitrogen and oxygen atoms in total. The predicted molar refractivity (Wildman–Crippen MR) is 159 cm³/mol. The molecule has 8 heteroatoms. The number of rotatable bonds is 1. The number of ketones is 4. The lowest BCUT2D eigenvalue weighted by Gasteiger charge is -2.29. The molecule has 44 heavy (non-hydrogen) atoms. The van der Waals surface area contributed by atoms with Crippen LogP contribution >= 0.6 is 0 Å². The van der Waals surface area contributed by atoms with Crippen molar-refractivity contribution in [2.24, 2.45) is 0 Å². The quantitative estimate of drug-likeness (QED) is 0.224. The maximum absolute atomic E-state index is 14.4. The van der Waals surface area contributed by atoms with Gasteiger partial charge in [0.15, 0.2) is 23.1 Å². The molecule has 4 aromatic carbocycles. The summed E-state index contributed by atoms with van der Waals surface area (Å²) in [6.07, 6.45) is 0. The molecule has 0 heterocycles. The van der Waals surface area contributed by atoms with Gasteiger partial charge in [0.05, 0.1) is 11.1 Å². The number of Topliss-reactive ketones (excluding diaryl/α,β-unsaturated/α-hetero) is 4. The number of aromatic hydroxyl groups is 4. The molecule has 0 radical (unpaired) electrons. The number of hydrogen-bond donors (Lipinski definition) is 4. The first-order valence-corrected chi connectivity index (χ1v) is 14.0. The van der Waals surface area contributed by atoms with E-state index < -0.39 is 35.0 Å². The zero-order valence-electron chi connectivity index (χ0n) is 23.4. The molecule has 2 unspecified atom stereocenters. The van der Waals surface area contributed by atoms with Crippen LogP contribution < -0.4 is 0 Å². The fraction of sp³-hybridized carbons (Fsp3) is 0.111. The average molecular weight is 583 g/mol. The van der Waals surface area contributed by atoms with Crippen molar-refractivity contribution in [1.82, 2.24) is 0 Å². The number of phenols is 4. The number of carbonyl (C=O) groups is 4. The molecule has 2 atom stereocenters. The molecule has 0 aromatic heterocycles. The zero-order valence-corrected chi connectivity index (χ0v) is 23.4. The molecule has 8 rings (SSSR count). The highest BCUT2D eigenvalue weighted by atomic mass is 16.3. The summed E-state index contributed by atoms with van der Waals surface area (Å²) in [5, 5.41) is 44.0. The fourth-order valence-electron chi connectivity index (χ4n) is 7.66. The van der Waals surface area contributed by atoms with Crippen LogP contribution in [0.1, 0.15) is 86.6 Å². The highest BCUT2D eigenvalue weighted by molar-refractivity contribution is 6.45. The number of phenolic OH excluding ortho intramolecular Hbond substituents is 4. The van der Waals surface area contributed by atoms with Crippen LogP contribution in [0.15, 0.2) is 71.8 Å².